The zero-order valence-corrected chi connectivity index (χ0v) is 15.1. The van der Waals surface area contributed by atoms with Crippen molar-refractivity contribution in [3.8, 4) is 0 Å². The van der Waals surface area contributed by atoms with E-state index < -0.39 is 54.8 Å². The molecule has 0 bridgehead atoms. The molecule has 1 rings (SSSR count). The topological polar surface area (TPSA) is 227 Å². The van der Waals surface area contributed by atoms with Crippen LogP contribution in [-0.2, 0) is 36.3 Å². The maximum Gasteiger partial charge on any atom is 0.490 e. The molecule has 26 heavy (non-hydrogen) atoms. The Kier molecular flexibility index (Phi) is 8.39. The van der Waals surface area contributed by atoms with E-state index in [1.807, 2.05) is 0 Å². The minimum Gasteiger partial charge on any atom is -0.380 e. The van der Waals surface area contributed by atoms with Gasteiger partial charge in [0.2, 0.25) is 0 Å². The summed E-state index contributed by atoms with van der Waals surface area (Å²) in [5.41, 5.74) is 8.08. The average molecular weight is 441 g/mol. The Labute approximate surface area is 145 Å². The highest BCUT2D eigenvalue weighted by molar-refractivity contribution is 7.66. The first-order valence-electron chi connectivity index (χ1n) is 6.26. The van der Waals surface area contributed by atoms with Gasteiger partial charge < -0.3 is 29.0 Å². The summed E-state index contributed by atoms with van der Waals surface area (Å²) >= 11 is 0. The summed E-state index contributed by atoms with van der Waals surface area (Å²) in [6, 6.07) is -0.993. The van der Waals surface area contributed by atoms with Crippen LogP contribution in [0, 0.1) is 0 Å². The van der Waals surface area contributed by atoms with Crippen molar-refractivity contribution in [2.45, 2.75) is 31.1 Å². The first kappa shape index (κ1) is 23.7. The summed E-state index contributed by atoms with van der Waals surface area (Å²) in [5, 5.41) is 2.60. The summed E-state index contributed by atoms with van der Waals surface area (Å²) in [6.07, 6.45) is -2.58. The molecule has 0 aromatic carbocycles. The van der Waals surface area contributed by atoms with Crippen molar-refractivity contribution in [1.29, 1.82) is 0 Å². The van der Waals surface area contributed by atoms with Crippen molar-refractivity contribution in [3.05, 3.63) is 10.4 Å². The number of alkyl halides is 1. The van der Waals surface area contributed by atoms with Crippen LogP contribution < -0.4 is 0 Å². The molecule has 0 aromatic heterocycles. The number of hydrogen-bond donors (Lipinski definition) is 4. The fourth-order valence-corrected chi connectivity index (χ4v) is 4.75. The van der Waals surface area contributed by atoms with Gasteiger partial charge in [-0.1, -0.05) is 0 Å². The molecule has 0 spiro atoms. The van der Waals surface area contributed by atoms with Crippen molar-refractivity contribution in [2.75, 3.05) is 6.61 Å². The Hall–Kier alpha value is -0.365. The van der Waals surface area contributed by atoms with Gasteiger partial charge in [-0.3, -0.25) is 4.52 Å². The molecule has 15 nitrogen and oxygen atoms in total. The molecule has 0 aromatic rings. The molecule has 1 heterocycles. The lowest BCUT2D eigenvalue weighted by Crippen LogP contribution is -2.30. The number of nitrogens with zero attached hydrogens (tertiary/aromatic N) is 3. The molecule has 148 valence electrons. The molecular formula is C6H12BFN3O12P3. The molecule has 1 fully saturated rings. The third-order valence-corrected chi connectivity index (χ3v) is 6.28. The third kappa shape index (κ3) is 9.02. The van der Waals surface area contributed by atoms with Gasteiger partial charge >= 0.3 is 23.5 Å². The smallest absolute Gasteiger partial charge is 0.380 e. The van der Waals surface area contributed by atoms with Crippen LogP contribution in [0.4, 0.5) is 4.39 Å². The van der Waals surface area contributed by atoms with Gasteiger partial charge in [-0.2, -0.15) is 8.62 Å². The van der Waals surface area contributed by atoms with E-state index in [1.165, 1.54) is 0 Å². The quantitative estimate of drug-likeness (QED) is 0.0911. The highest BCUT2D eigenvalue weighted by atomic mass is 31.3. The predicted octanol–water partition coefficient (Wildman–Crippen LogP) is 0.562. The maximum atomic E-state index is 13.1. The Bertz CT molecular complexity index is 685. The Balaban J connectivity index is 2.66. The van der Waals surface area contributed by atoms with E-state index in [4.69, 9.17) is 32.8 Å². The number of halogens is 1. The number of ether oxygens (including phenoxy) is 2. The number of phosphoric ester groups is 1. The monoisotopic (exact) mass is 441 g/mol. The van der Waals surface area contributed by atoms with Crippen molar-refractivity contribution in [3.63, 3.8) is 0 Å². The molecular weight excluding hydrogens is 429 g/mol. The normalized spacial score (nSPS) is 29.3. The van der Waals surface area contributed by atoms with Crippen LogP contribution in [0.5, 0.6) is 0 Å². The average Bonchev–Trinajstić information content (AvgIpc) is 2.72. The van der Waals surface area contributed by atoms with Gasteiger partial charge in [-0.05, 0) is 17.1 Å². The van der Waals surface area contributed by atoms with Gasteiger partial charge in [-0.15, -0.1) is 0 Å². The third-order valence-electron chi connectivity index (χ3n) is 2.48. The molecule has 2 radical (unpaired) electrons. The van der Waals surface area contributed by atoms with Gasteiger partial charge in [0.15, 0.2) is 0 Å². The predicted molar refractivity (Wildman–Crippen MR) is 77.8 cm³/mol. The standard InChI is InChI=1S/C6H12BFN3O12P3/c7-5-1-3(21-6(8)10-11-9)4(20-5)2-19-25(15,16)23-26(17,18)22-24(12,13)14/h3-6H,1-2H2,(H,15,16)(H,17,18)(H2,12,13,14)/t3-,4-,5?,6?/m1/s1. The highest BCUT2D eigenvalue weighted by Crippen LogP contribution is 2.66. The minimum atomic E-state index is -5.67. The zero-order chi connectivity index (χ0) is 20.2. The lowest BCUT2D eigenvalue weighted by molar-refractivity contribution is -0.111. The molecule has 20 heteroatoms. The Morgan fingerprint density at radius 2 is 1.88 bits per heavy atom. The van der Waals surface area contributed by atoms with E-state index in [2.05, 4.69) is 27.9 Å². The summed E-state index contributed by atoms with van der Waals surface area (Å²) < 4.78 is 67.3. The molecule has 1 aliphatic heterocycles. The van der Waals surface area contributed by atoms with E-state index in [1.54, 1.807) is 0 Å². The number of azide groups is 1. The van der Waals surface area contributed by atoms with Crippen molar-refractivity contribution >= 4 is 31.3 Å². The van der Waals surface area contributed by atoms with Crippen LogP contribution in [0.25, 0.3) is 10.4 Å². The molecule has 0 saturated carbocycles. The SMILES string of the molecule is [B]C1C[C@@H](OC(F)N=[N+]=[N-])[C@@H](COP(=O)(O)OP(=O)(O)OP(=O)(O)O)O1. The molecule has 1 saturated heterocycles. The number of hydrogen-bond acceptors (Lipinski definition) is 9. The minimum absolute atomic E-state index is 0.119. The van der Waals surface area contributed by atoms with Crippen LogP contribution in [0.1, 0.15) is 6.42 Å². The zero-order valence-electron chi connectivity index (χ0n) is 12.4. The lowest BCUT2D eigenvalue weighted by Gasteiger charge is -2.21. The Morgan fingerprint density at radius 1 is 1.27 bits per heavy atom. The van der Waals surface area contributed by atoms with Gasteiger partial charge in [0.05, 0.1) is 12.7 Å². The van der Waals surface area contributed by atoms with Crippen LogP contribution >= 0.6 is 23.5 Å². The van der Waals surface area contributed by atoms with Gasteiger partial charge in [-0.25, -0.2) is 18.1 Å². The first-order valence-corrected chi connectivity index (χ1v) is 10.8. The highest BCUT2D eigenvalue weighted by Gasteiger charge is 2.42. The lowest BCUT2D eigenvalue weighted by atomic mass is 9.96. The van der Waals surface area contributed by atoms with E-state index in [0.29, 0.717) is 0 Å². The molecule has 4 unspecified atom stereocenters. The molecule has 0 aliphatic carbocycles. The maximum absolute atomic E-state index is 13.1. The van der Waals surface area contributed by atoms with Crippen LogP contribution in [0.2, 0.25) is 0 Å². The number of phosphoric acid groups is 3. The second-order valence-electron chi connectivity index (χ2n) is 4.51. The molecule has 6 atom stereocenters. The van der Waals surface area contributed by atoms with Gasteiger partial charge in [0.25, 0.3) is 6.48 Å². The Morgan fingerprint density at radius 3 is 2.42 bits per heavy atom. The van der Waals surface area contributed by atoms with Crippen LogP contribution in [0.15, 0.2) is 5.11 Å². The largest absolute Gasteiger partial charge is 0.490 e. The van der Waals surface area contributed by atoms with Crippen molar-refractivity contribution < 1.29 is 60.3 Å². The molecule has 4 N–H and O–H groups in total. The summed E-state index contributed by atoms with van der Waals surface area (Å²) in [6.45, 7) is -3.29. The van der Waals surface area contributed by atoms with Crippen molar-refractivity contribution in [1.82, 2.24) is 0 Å². The summed E-state index contributed by atoms with van der Waals surface area (Å²) in [4.78, 5) is 37.2. The van der Waals surface area contributed by atoms with E-state index in [0.717, 1.165) is 0 Å². The summed E-state index contributed by atoms with van der Waals surface area (Å²) in [5.74, 6) is 0. The fraction of sp³-hybridized carbons (Fsp3) is 1.00. The number of rotatable bonds is 10. The van der Waals surface area contributed by atoms with Gasteiger partial charge in [0, 0.05) is 10.9 Å². The van der Waals surface area contributed by atoms with Crippen molar-refractivity contribution in [2.24, 2.45) is 5.11 Å². The summed E-state index contributed by atoms with van der Waals surface area (Å²) in [7, 11) is -11.1. The van der Waals surface area contributed by atoms with E-state index in [9.17, 15) is 23.0 Å². The van der Waals surface area contributed by atoms with Gasteiger partial charge in [0.1, 0.15) is 14.0 Å². The van der Waals surface area contributed by atoms with E-state index >= 15 is 0 Å². The molecule has 0 amide bonds. The second-order valence-corrected chi connectivity index (χ2v) is 8.93. The second kappa shape index (κ2) is 9.22. The molecule has 1 aliphatic rings. The fourth-order valence-electron chi connectivity index (χ4n) is 1.72. The van der Waals surface area contributed by atoms with E-state index in [-0.39, 0.29) is 6.42 Å². The first-order chi connectivity index (χ1) is 11.7. The van der Waals surface area contributed by atoms with Crippen LogP contribution in [-0.4, -0.2) is 58.7 Å². The van der Waals surface area contributed by atoms with Crippen LogP contribution in [0.3, 0.4) is 0 Å².